The molecule has 0 spiro atoms. The van der Waals surface area contributed by atoms with Crippen LogP contribution < -0.4 is 0 Å². The van der Waals surface area contributed by atoms with Gasteiger partial charge >= 0.3 is 0 Å². The smallest absolute Gasteiger partial charge is 0.177 e. The molecule has 16 heavy (non-hydrogen) atoms. The topological polar surface area (TPSA) is 18.5 Å². The molecular weight excluding hydrogens is 200 g/mol. The summed E-state index contributed by atoms with van der Waals surface area (Å²) >= 11 is 0. The molecule has 2 atom stereocenters. The lowest BCUT2D eigenvalue weighted by atomic mass is 10.1. The molecule has 0 saturated carbocycles. The Hall–Kier alpha value is -0.600. The minimum absolute atomic E-state index is 0.142. The van der Waals surface area contributed by atoms with Gasteiger partial charge in [0.05, 0.1) is 12.2 Å². The molecule has 92 valence electrons. The lowest BCUT2D eigenvalue weighted by molar-refractivity contribution is -0.0249. The molecule has 1 rings (SSSR count). The molecule has 2 nitrogen and oxygen atoms in total. The van der Waals surface area contributed by atoms with Crippen LogP contribution in [0.4, 0.5) is 0 Å². The fourth-order valence-electron chi connectivity index (χ4n) is 1.66. The Labute approximate surface area is 99.3 Å². The van der Waals surface area contributed by atoms with Crippen LogP contribution in [0.3, 0.4) is 0 Å². The van der Waals surface area contributed by atoms with E-state index in [2.05, 4.69) is 46.8 Å². The third-order valence-corrected chi connectivity index (χ3v) is 2.87. The molecule has 0 aromatic rings. The normalized spacial score (nSPS) is 30.6. The maximum Gasteiger partial charge on any atom is 0.177 e. The first-order valence-electron chi connectivity index (χ1n) is 6.10. The number of allylic oxidation sites excluding steroid dienone is 3. The van der Waals surface area contributed by atoms with E-state index >= 15 is 0 Å². The molecule has 0 radical (unpaired) electrons. The van der Waals surface area contributed by atoms with Crippen LogP contribution in [0.2, 0.25) is 0 Å². The maximum absolute atomic E-state index is 5.66. The van der Waals surface area contributed by atoms with Crippen molar-refractivity contribution in [1.29, 1.82) is 0 Å². The van der Waals surface area contributed by atoms with Gasteiger partial charge in [-0.1, -0.05) is 17.2 Å². The van der Waals surface area contributed by atoms with Gasteiger partial charge in [0.15, 0.2) is 6.29 Å². The molecule has 0 aromatic carbocycles. The molecule has 0 bridgehead atoms. The number of rotatable bonds is 4. The molecular formula is C14H24O2. The Morgan fingerprint density at radius 3 is 2.12 bits per heavy atom. The molecule has 2 unspecified atom stereocenters. The number of ether oxygens (including phenoxy) is 2. The van der Waals surface area contributed by atoms with E-state index in [0.717, 1.165) is 12.8 Å². The van der Waals surface area contributed by atoms with Crippen molar-refractivity contribution >= 4 is 0 Å². The highest BCUT2D eigenvalue weighted by Crippen LogP contribution is 2.21. The molecule has 1 heterocycles. The Morgan fingerprint density at radius 1 is 1.06 bits per heavy atom. The van der Waals surface area contributed by atoms with Crippen LogP contribution in [0, 0.1) is 0 Å². The van der Waals surface area contributed by atoms with Gasteiger partial charge in [-0.05, 0) is 53.5 Å². The van der Waals surface area contributed by atoms with E-state index in [9.17, 15) is 0 Å². The largest absolute Gasteiger partial charge is 0.343 e. The van der Waals surface area contributed by atoms with E-state index in [1.165, 1.54) is 11.1 Å². The monoisotopic (exact) mass is 224 g/mol. The maximum atomic E-state index is 5.66. The summed E-state index contributed by atoms with van der Waals surface area (Å²) in [5, 5.41) is 0. The Morgan fingerprint density at radius 2 is 1.62 bits per heavy atom. The van der Waals surface area contributed by atoms with Gasteiger partial charge in [0.1, 0.15) is 0 Å². The first-order chi connectivity index (χ1) is 7.49. The van der Waals surface area contributed by atoms with E-state index in [-0.39, 0.29) is 18.5 Å². The van der Waals surface area contributed by atoms with Crippen LogP contribution >= 0.6 is 0 Å². The molecule has 1 saturated heterocycles. The van der Waals surface area contributed by atoms with Gasteiger partial charge in [0.25, 0.3) is 0 Å². The summed E-state index contributed by atoms with van der Waals surface area (Å²) in [4.78, 5) is 0. The summed E-state index contributed by atoms with van der Waals surface area (Å²) in [6, 6.07) is 0. The molecule has 0 aliphatic carbocycles. The standard InChI is InChI=1S/C14H24O2/c1-10(2)7-6-8-11(3)9-14-15-12(4)13(5)16-14/h7,9,12-14H,6,8H2,1-5H3. The van der Waals surface area contributed by atoms with Crippen molar-refractivity contribution in [2.75, 3.05) is 0 Å². The number of hydrogen-bond acceptors (Lipinski definition) is 2. The molecule has 0 aromatic heterocycles. The van der Waals surface area contributed by atoms with Gasteiger partial charge in [0, 0.05) is 0 Å². The van der Waals surface area contributed by atoms with Gasteiger partial charge in [-0.25, -0.2) is 0 Å². The molecule has 0 amide bonds. The third kappa shape index (κ3) is 4.50. The molecule has 1 fully saturated rings. The zero-order valence-electron chi connectivity index (χ0n) is 11.1. The Kier molecular flexibility index (Phi) is 5.23. The summed E-state index contributed by atoms with van der Waals surface area (Å²) in [7, 11) is 0. The SMILES string of the molecule is CC(C)=CCCC(C)=CC1OC(C)C(C)O1. The highest BCUT2D eigenvalue weighted by molar-refractivity contribution is 5.04. The summed E-state index contributed by atoms with van der Waals surface area (Å²) in [5.74, 6) is 0. The van der Waals surface area contributed by atoms with Gasteiger partial charge in [-0.3, -0.25) is 0 Å². The van der Waals surface area contributed by atoms with Crippen molar-refractivity contribution in [3.63, 3.8) is 0 Å². The minimum atomic E-state index is -0.142. The predicted molar refractivity (Wildman–Crippen MR) is 67.3 cm³/mol. The fraction of sp³-hybridized carbons (Fsp3) is 0.714. The second kappa shape index (κ2) is 6.21. The van der Waals surface area contributed by atoms with E-state index in [4.69, 9.17) is 9.47 Å². The summed E-state index contributed by atoms with van der Waals surface area (Å²) in [5.41, 5.74) is 2.72. The highest BCUT2D eigenvalue weighted by atomic mass is 16.7. The highest BCUT2D eigenvalue weighted by Gasteiger charge is 2.27. The van der Waals surface area contributed by atoms with E-state index in [0.29, 0.717) is 0 Å². The van der Waals surface area contributed by atoms with Gasteiger partial charge in [-0.2, -0.15) is 0 Å². The van der Waals surface area contributed by atoms with Crippen molar-refractivity contribution < 1.29 is 9.47 Å². The van der Waals surface area contributed by atoms with Crippen molar-refractivity contribution in [1.82, 2.24) is 0 Å². The fourth-order valence-corrected chi connectivity index (χ4v) is 1.66. The van der Waals surface area contributed by atoms with Crippen LogP contribution in [0.5, 0.6) is 0 Å². The average molecular weight is 224 g/mol. The van der Waals surface area contributed by atoms with Crippen molar-refractivity contribution in [3.05, 3.63) is 23.3 Å². The van der Waals surface area contributed by atoms with Crippen LogP contribution in [0.1, 0.15) is 47.5 Å². The van der Waals surface area contributed by atoms with Crippen molar-refractivity contribution in [2.45, 2.75) is 66.0 Å². The molecule has 2 heteroatoms. The molecule has 1 aliphatic heterocycles. The molecule has 0 N–H and O–H groups in total. The van der Waals surface area contributed by atoms with E-state index in [1.54, 1.807) is 0 Å². The quantitative estimate of drug-likeness (QED) is 0.676. The van der Waals surface area contributed by atoms with Gasteiger partial charge < -0.3 is 9.47 Å². The lowest BCUT2D eigenvalue weighted by Gasteiger charge is -2.06. The Balaban J connectivity index is 2.36. The second-order valence-corrected chi connectivity index (χ2v) is 4.88. The predicted octanol–water partition coefficient (Wildman–Crippen LogP) is 3.83. The summed E-state index contributed by atoms with van der Waals surface area (Å²) in [6.07, 6.45) is 6.80. The van der Waals surface area contributed by atoms with Crippen LogP contribution in [0.15, 0.2) is 23.3 Å². The summed E-state index contributed by atoms with van der Waals surface area (Å²) < 4.78 is 11.3. The first kappa shape index (κ1) is 13.5. The van der Waals surface area contributed by atoms with Crippen LogP contribution in [0.25, 0.3) is 0 Å². The van der Waals surface area contributed by atoms with Crippen LogP contribution in [-0.2, 0) is 9.47 Å². The number of hydrogen-bond donors (Lipinski definition) is 0. The first-order valence-corrected chi connectivity index (χ1v) is 6.10. The lowest BCUT2D eigenvalue weighted by Crippen LogP contribution is -2.13. The third-order valence-electron chi connectivity index (χ3n) is 2.87. The van der Waals surface area contributed by atoms with Crippen molar-refractivity contribution in [3.8, 4) is 0 Å². The van der Waals surface area contributed by atoms with E-state index in [1.807, 2.05) is 0 Å². The van der Waals surface area contributed by atoms with Gasteiger partial charge in [-0.15, -0.1) is 0 Å². The van der Waals surface area contributed by atoms with Gasteiger partial charge in [0.2, 0.25) is 0 Å². The van der Waals surface area contributed by atoms with Crippen molar-refractivity contribution in [2.24, 2.45) is 0 Å². The zero-order chi connectivity index (χ0) is 12.1. The van der Waals surface area contributed by atoms with Crippen LogP contribution in [-0.4, -0.2) is 18.5 Å². The minimum Gasteiger partial charge on any atom is -0.343 e. The average Bonchev–Trinajstić information content (AvgIpc) is 2.44. The Bertz CT molecular complexity index is 264. The van der Waals surface area contributed by atoms with E-state index < -0.39 is 0 Å². The summed E-state index contributed by atoms with van der Waals surface area (Å²) in [6.45, 7) is 10.5. The molecule has 1 aliphatic rings. The zero-order valence-corrected chi connectivity index (χ0v) is 11.1. The second-order valence-electron chi connectivity index (χ2n) is 4.88.